The van der Waals surface area contributed by atoms with Gasteiger partial charge in [-0.25, -0.2) is 0 Å². The second-order valence-corrected chi connectivity index (χ2v) is 7.31. The second-order valence-electron chi connectivity index (χ2n) is 6.46. The summed E-state index contributed by atoms with van der Waals surface area (Å²) >= 11 is 12.0. The molecule has 7 heteroatoms. The first-order valence-corrected chi connectivity index (χ1v) is 9.56. The van der Waals surface area contributed by atoms with Crippen molar-refractivity contribution in [2.45, 2.75) is 13.0 Å². The lowest BCUT2D eigenvalue weighted by atomic mass is 10.1. The third-order valence-corrected chi connectivity index (χ3v) is 5.20. The predicted molar refractivity (Wildman–Crippen MR) is 109 cm³/mol. The van der Waals surface area contributed by atoms with Crippen molar-refractivity contribution in [3.63, 3.8) is 0 Å². The molecule has 0 saturated carbocycles. The van der Waals surface area contributed by atoms with Crippen molar-refractivity contribution in [3.8, 4) is 0 Å². The van der Waals surface area contributed by atoms with Gasteiger partial charge in [0.15, 0.2) is 0 Å². The minimum atomic E-state index is -0.615. The molecule has 1 aliphatic heterocycles. The van der Waals surface area contributed by atoms with Gasteiger partial charge in [-0.3, -0.25) is 9.59 Å². The molecule has 0 spiro atoms. The number of amides is 2. The Hall–Kier alpha value is -2.24. The second kappa shape index (κ2) is 8.63. The number of hydrogen-bond donors (Lipinski definition) is 1. The molecule has 1 N–H and O–H groups in total. The van der Waals surface area contributed by atoms with E-state index in [2.05, 4.69) is 10.2 Å². The lowest BCUT2D eigenvalue weighted by molar-refractivity contribution is -0.133. The first kappa shape index (κ1) is 19.5. The Bertz CT molecular complexity index is 818. The maximum atomic E-state index is 12.7. The zero-order valence-corrected chi connectivity index (χ0v) is 16.5. The van der Waals surface area contributed by atoms with Crippen molar-refractivity contribution >= 4 is 40.7 Å². The van der Waals surface area contributed by atoms with Crippen LogP contribution < -0.4 is 10.2 Å². The number of rotatable bonds is 4. The molecule has 142 valence electrons. The fraction of sp³-hybridized carbons (Fsp3) is 0.300. The van der Waals surface area contributed by atoms with Gasteiger partial charge in [-0.05, 0) is 43.3 Å². The van der Waals surface area contributed by atoms with Gasteiger partial charge >= 0.3 is 0 Å². The fourth-order valence-electron chi connectivity index (χ4n) is 3.09. The average molecular weight is 406 g/mol. The molecule has 1 atom stereocenters. The first-order valence-electron chi connectivity index (χ1n) is 8.80. The molecule has 0 radical (unpaired) electrons. The van der Waals surface area contributed by atoms with E-state index in [-0.39, 0.29) is 11.8 Å². The smallest absolute Gasteiger partial charge is 0.253 e. The highest BCUT2D eigenvalue weighted by Crippen LogP contribution is 2.20. The Kier molecular flexibility index (Phi) is 6.24. The monoisotopic (exact) mass is 405 g/mol. The molecule has 2 amide bonds. The number of benzene rings is 2. The van der Waals surface area contributed by atoms with Gasteiger partial charge in [0.05, 0.1) is 10.6 Å². The molecule has 2 aromatic rings. The van der Waals surface area contributed by atoms with Gasteiger partial charge in [-0.2, -0.15) is 0 Å². The van der Waals surface area contributed by atoms with E-state index in [1.54, 1.807) is 36.1 Å². The molecular weight excluding hydrogens is 385 g/mol. The predicted octanol–water partition coefficient (Wildman–Crippen LogP) is 3.46. The molecule has 5 nitrogen and oxygen atoms in total. The van der Waals surface area contributed by atoms with E-state index in [9.17, 15) is 9.59 Å². The van der Waals surface area contributed by atoms with Gasteiger partial charge in [0.25, 0.3) is 5.91 Å². The van der Waals surface area contributed by atoms with Crippen LogP contribution in [0.25, 0.3) is 0 Å². The number of nitrogens with one attached hydrogen (secondary N) is 1. The van der Waals surface area contributed by atoms with Crippen molar-refractivity contribution in [2.24, 2.45) is 0 Å². The number of piperazine rings is 1. The lowest BCUT2D eigenvalue weighted by Crippen LogP contribution is -2.54. The summed E-state index contributed by atoms with van der Waals surface area (Å²) < 4.78 is 0. The molecule has 27 heavy (non-hydrogen) atoms. The molecule has 1 unspecified atom stereocenters. The SMILES string of the molecule is CC(NC(=O)c1ccccc1Cl)C(=O)N1CCN(c2ccc(Cl)cc2)CC1. The van der Waals surface area contributed by atoms with E-state index in [1.807, 2.05) is 24.3 Å². The number of carbonyl (C=O) groups excluding carboxylic acids is 2. The largest absolute Gasteiger partial charge is 0.368 e. The summed E-state index contributed by atoms with van der Waals surface area (Å²) in [6.07, 6.45) is 0. The maximum Gasteiger partial charge on any atom is 0.253 e. The zero-order chi connectivity index (χ0) is 19.4. The molecular formula is C20H21Cl2N3O2. The van der Waals surface area contributed by atoms with Crippen molar-refractivity contribution in [3.05, 3.63) is 64.1 Å². The van der Waals surface area contributed by atoms with Crippen LogP contribution in [-0.2, 0) is 4.79 Å². The van der Waals surface area contributed by atoms with E-state index in [4.69, 9.17) is 23.2 Å². The summed E-state index contributed by atoms with van der Waals surface area (Å²) in [6, 6.07) is 13.9. The highest BCUT2D eigenvalue weighted by atomic mass is 35.5. The maximum absolute atomic E-state index is 12.7. The van der Waals surface area contributed by atoms with E-state index in [0.29, 0.717) is 28.7 Å². The topological polar surface area (TPSA) is 52.7 Å². The Morgan fingerprint density at radius 2 is 1.59 bits per heavy atom. The van der Waals surface area contributed by atoms with E-state index in [1.165, 1.54) is 0 Å². The van der Waals surface area contributed by atoms with Gasteiger partial charge in [-0.15, -0.1) is 0 Å². The van der Waals surface area contributed by atoms with Crippen molar-refractivity contribution in [1.29, 1.82) is 0 Å². The summed E-state index contributed by atoms with van der Waals surface area (Å²) in [5.74, 6) is -0.438. The Balaban J connectivity index is 1.54. The summed E-state index contributed by atoms with van der Waals surface area (Å²) in [4.78, 5) is 29.0. The van der Waals surface area contributed by atoms with Crippen LogP contribution in [0.2, 0.25) is 10.0 Å². The lowest BCUT2D eigenvalue weighted by Gasteiger charge is -2.37. The summed E-state index contributed by atoms with van der Waals surface area (Å²) in [7, 11) is 0. The number of anilines is 1. The minimum Gasteiger partial charge on any atom is -0.368 e. The van der Waals surface area contributed by atoms with Gasteiger partial charge in [-0.1, -0.05) is 35.3 Å². The van der Waals surface area contributed by atoms with Crippen LogP contribution in [0.15, 0.2) is 48.5 Å². The molecule has 3 rings (SSSR count). The van der Waals surface area contributed by atoms with E-state index < -0.39 is 6.04 Å². The standard InChI is InChI=1S/C20H21Cl2N3O2/c1-14(23-19(26)17-4-2-3-5-18(17)22)20(27)25-12-10-24(11-13-25)16-8-6-15(21)7-9-16/h2-9,14H,10-13H2,1H3,(H,23,26). The third-order valence-electron chi connectivity index (χ3n) is 4.62. The van der Waals surface area contributed by atoms with Crippen LogP contribution >= 0.6 is 23.2 Å². The van der Waals surface area contributed by atoms with Crippen LogP contribution in [0.1, 0.15) is 17.3 Å². The molecule has 1 saturated heterocycles. The molecule has 1 aliphatic rings. The number of nitrogens with zero attached hydrogens (tertiary/aromatic N) is 2. The van der Waals surface area contributed by atoms with Crippen LogP contribution in [-0.4, -0.2) is 48.9 Å². The van der Waals surface area contributed by atoms with Crippen LogP contribution in [0, 0.1) is 0 Å². The normalized spacial score (nSPS) is 15.4. The Morgan fingerprint density at radius 3 is 2.22 bits per heavy atom. The molecule has 0 aromatic heterocycles. The highest BCUT2D eigenvalue weighted by Gasteiger charge is 2.26. The average Bonchev–Trinajstić information content (AvgIpc) is 2.68. The summed E-state index contributed by atoms with van der Waals surface area (Å²) in [6.45, 7) is 4.38. The minimum absolute atomic E-state index is 0.0915. The van der Waals surface area contributed by atoms with Crippen LogP contribution in [0.4, 0.5) is 5.69 Å². The zero-order valence-electron chi connectivity index (χ0n) is 15.0. The molecule has 0 bridgehead atoms. The molecule has 1 heterocycles. The first-order chi connectivity index (χ1) is 13.0. The van der Waals surface area contributed by atoms with Crippen LogP contribution in [0.3, 0.4) is 0 Å². The number of carbonyl (C=O) groups is 2. The van der Waals surface area contributed by atoms with Gasteiger partial charge in [0, 0.05) is 36.9 Å². The van der Waals surface area contributed by atoms with Crippen LogP contribution in [0.5, 0.6) is 0 Å². The van der Waals surface area contributed by atoms with Crippen molar-refractivity contribution < 1.29 is 9.59 Å². The summed E-state index contributed by atoms with van der Waals surface area (Å²) in [5.41, 5.74) is 1.46. The van der Waals surface area contributed by atoms with E-state index >= 15 is 0 Å². The quantitative estimate of drug-likeness (QED) is 0.846. The third kappa shape index (κ3) is 4.73. The molecule has 2 aromatic carbocycles. The van der Waals surface area contributed by atoms with Gasteiger partial charge in [0.2, 0.25) is 5.91 Å². The molecule has 0 aliphatic carbocycles. The summed E-state index contributed by atoms with van der Waals surface area (Å²) in [5, 5.41) is 3.81. The van der Waals surface area contributed by atoms with E-state index in [0.717, 1.165) is 18.8 Å². The highest BCUT2D eigenvalue weighted by molar-refractivity contribution is 6.33. The van der Waals surface area contributed by atoms with Crippen molar-refractivity contribution in [2.75, 3.05) is 31.1 Å². The molecule has 1 fully saturated rings. The Morgan fingerprint density at radius 1 is 0.963 bits per heavy atom. The number of halogens is 2. The fourth-order valence-corrected chi connectivity index (χ4v) is 3.44. The Labute approximate surface area is 168 Å². The van der Waals surface area contributed by atoms with Gasteiger partial charge in [0.1, 0.15) is 6.04 Å². The van der Waals surface area contributed by atoms with Gasteiger partial charge < -0.3 is 15.1 Å². The van der Waals surface area contributed by atoms with Crippen molar-refractivity contribution in [1.82, 2.24) is 10.2 Å². The number of hydrogen-bond acceptors (Lipinski definition) is 3.